The van der Waals surface area contributed by atoms with Crippen LogP contribution in [-0.4, -0.2) is 37.0 Å². The lowest BCUT2D eigenvalue weighted by molar-refractivity contribution is -0.384. The van der Waals surface area contributed by atoms with Gasteiger partial charge in [-0.15, -0.1) is 11.3 Å². The standard InChI is InChI=1S/C16H12N4O4S3/c1-9(13(21)18-15-17-6-7-26-15)19-14(22)12(27-16(19)25)8-10-2-4-11(5-3-10)20(23)24/h2-9H,1H3,(H,17,18,21)/b12-8-. The Morgan fingerprint density at radius 1 is 1.41 bits per heavy atom. The van der Waals surface area contributed by atoms with E-state index in [0.29, 0.717) is 15.6 Å². The van der Waals surface area contributed by atoms with Crippen LogP contribution >= 0.6 is 35.3 Å². The third kappa shape index (κ3) is 4.21. The van der Waals surface area contributed by atoms with Crippen molar-refractivity contribution >= 4 is 68.3 Å². The summed E-state index contributed by atoms with van der Waals surface area (Å²) < 4.78 is 0.273. The third-order valence-electron chi connectivity index (χ3n) is 3.65. The molecule has 1 saturated heterocycles. The summed E-state index contributed by atoms with van der Waals surface area (Å²) in [5, 5.41) is 15.5. The van der Waals surface area contributed by atoms with Crippen molar-refractivity contribution < 1.29 is 14.5 Å². The van der Waals surface area contributed by atoms with Gasteiger partial charge in [0, 0.05) is 23.7 Å². The molecule has 1 aliphatic rings. The lowest BCUT2D eigenvalue weighted by Crippen LogP contribution is -2.44. The number of thiazole rings is 1. The highest BCUT2D eigenvalue weighted by Gasteiger charge is 2.38. The molecule has 2 heterocycles. The molecule has 138 valence electrons. The summed E-state index contributed by atoms with van der Waals surface area (Å²) in [6, 6.07) is 5.00. The minimum atomic E-state index is -0.802. The molecular formula is C16H12N4O4S3. The minimum absolute atomic E-state index is 0.0350. The van der Waals surface area contributed by atoms with Crippen LogP contribution in [0.1, 0.15) is 12.5 Å². The van der Waals surface area contributed by atoms with E-state index in [0.717, 1.165) is 11.8 Å². The van der Waals surface area contributed by atoms with E-state index in [1.165, 1.54) is 28.4 Å². The van der Waals surface area contributed by atoms with E-state index in [9.17, 15) is 19.7 Å². The molecule has 0 aliphatic carbocycles. The Bertz CT molecular complexity index is 941. The number of nitrogens with one attached hydrogen (secondary N) is 1. The topological polar surface area (TPSA) is 105 Å². The van der Waals surface area contributed by atoms with Gasteiger partial charge in [-0.3, -0.25) is 24.6 Å². The van der Waals surface area contributed by atoms with Crippen molar-refractivity contribution in [1.82, 2.24) is 9.88 Å². The van der Waals surface area contributed by atoms with Gasteiger partial charge in [0.2, 0.25) is 5.91 Å². The Kier molecular flexibility index (Phi) is 5.63. The Balaban J connectivity index is 1.75. The molecule has 2 aromatic rings. The molecule has 2 amide bonds. The van der Waals surface area contributed by atoms with Crippen molar-refractivity contribution in [3.8, 4) is 0 Å². The average Bonchev–Trinajstić information content (AvgIpc) is 3.23. The van der Waals surface area contributed by atoms with Crippen LogP contribution in [-0.2, 0) is 9.59 Å². The van der Waals surface area contributed by atoms with E-state index in [1.807, 2.05) is 0 Å². The van der Waals surface area contributed by atoms with E-state index in [1.54, 1.807) is 36.7 Å². The van der Waals surface area contributed by atoms with Gasteiger partial charge in [-0.05, 0) is 30.7 Å². The molecular weight excluding hydrogens is 408 g/mol. The predicted molar refractivity (Wildman–Crippen MR) is 108 cm³/mol. The quantitative estimate of drug-likeness (QED) is 0.342. The van der Waals surface area contributed by atoms with Crippen molar-refractivity contribution in [3.63, 3.8) is 0 Å². The van der Waals surface area contributed by atoms with E-state index >= 15 is 0 Å². The van der Waals surface area contributed by atoms with Gasteiger partial charge in [0.1, 0.15) is 10.4 Å². The lowest BCUT2D eigenvalue weighted by atomic mass is 10.2. The first-order valence-electron chi connectivity index (χ1n) is 7.58. The number of rotatable bonds is 5. The fourth-order valence-electron chi connectivity index (χ4n) is 2.27. The number of carbonyl (C=O) groups excluding carboxylic acids is 2. The first-order valence-corrected chi connectivity index (χ1v) is 9.69. The number of nitro groups is 1. The monoisotopic (exact) mass is 420 g/mol. The largest absolute Gasteiger partial charge is 0.300 e. The van der Waals surface area contributed by atoms with Crippen molar-refractivity contribution in [1.29, 1.82) is 0 Å². The first kappa shape index (κ1) is 19.1. The second-order valence-electron chi connectivity index (χ2n) is 5.40. The van der Waals surface area contributed by atoms with E-state index in [4.69, 9.17) is 12.2 Å². The molecule has 0 bridgehead atoms. The van der Waals surface area contributed by atoms with Gasteiger partial charge < -0.3 is 5.32 Å². The summed E-state index contributed by atoms with van der Waals surface area (Å²) in [6.45, 7) is 1.59. The highest BCUT2D eigenvalue weighted by molar-refractivity contribution is 8.26. The number of carbonyl (C=O) groups is 2. The minimum Gasteiger partial charge on any atom is -0.300 e. The Morgan fingerprint density at radius 2 is 2.11 bits per heavy atom. The maximum absolute atomic E-state index is 12.7. The molecule has 0 saturated carbocycles. The van der Waals surface area contributed by atoms with Crippen molar-refractivity contribution in [3.05, 3.63) is 56.4 Å². The SMILES string of the molecule is CC(C(=O)Nc1nccs1)N1C(=O)/C(=C/c2ccc([N+](=O)[O-])cc2)SC1=S. The normalized spacial score (nSPS) is 16.6. The number of hydrogen-bond donors (Lipinski definition) is 1. The summed E-state index contributed by atoms with van der Waals surface area (Å²) in [5.74, 6) is -0.775. The zero-order chi connectivity index (χ0) is 19.6. The van der Waals surface area contributed by atoms with Gasteiger partial charge in [0.25, 0.3) is 11.6 Å². The second kappa shape index (κ2) is 7.94. The van der Waals surface area contributed by atoms with Crippen LogP contribution in [0, 0.1) is 10.1 Å². The van der Waals surface area contributed by atoms with Crippen molar-refractivity contribution in [2.75, 3.05) is 5.32 Å². The average molecular weight is 420 g/mol. The van der Waals surface area contributed by atoms with Gasteiger partial charge in [-0.25, -0.2) is 4.98 Å². The highest BCUT2D eigenvalue weighted by atomic mass is 32.2. The molecule has 1 N–H and O–H groups in total. The van der Waals surface area contributed by atoms with Gasteiger partial charge in [0.15, 0.2) is 5.13 Å². The number of nitro benzene ring substituents is 1. The fourth-order valence-corrected chi connectivity index (χ4v) is 4.22. The number of non-ortho nitro benzene ring substituents is 1. The number of amides is 2. The van der Waals surface area contributed by atoms with Gasteiger partial charge >= 0.3 is 0 Å². The fraction of sp³-hybridized carbons (Fsp3) is 0.125. The zero-order valence-corrected chi connectivity index (χ0v) is 16.3. The van der Waals surface area contributed by atoms with E-state index in [2.05, 4.69) is 10.3 Å². The van der Waals surface area contributed by atoms with E-state index < -0.39 is 16.9 Å². The molecule has 1 aliphatic heterocycles. The Morgan fingerprint density at radius 3 is 2.70 bits per heavy atom. The van der Waals surface area contributed by atoms with Gasteiger partial charge in [0.05, 0.1) is 9.83 Å². The molecule has 1 atom stereocenters. The molecule has 1 aromatic carbocycles. The molecule has 27 heavy (non-hydrogen) atoms. The van der Waals surface area contributed by atoms with Crippen LogP contribution in [0.3, 0.4) is 0 Å². The number of hydrogen-bond acceptors (Lipinski definition) is 8. The molecule has 1 aromatic heterocycles. The summed E-state index contributed by atoms with van der Waals surface area (Å²) in [5.41, 5.74) is 0.591. The molecule has 11 heteroatoms. The number of aromatic nitrogens is 1. The zero-order valence-electron chi connectivity index (χ0n) is 13.8. The Hall–Kier alpha value is -2.63. The predicted octanol–water partition coefficient (Wildman–Crippen LogP) is 3.28. The summed E-state index contributed by atoms with van der Waals surface area (Å²) >= 11 is 7.61. The second-order valence-corrected chi connectivity index (χ2v) is 7.97. The van der Waals surface area contributed by atoms with Gasteiger partial charge in [-0.2, -0.15) is 0 Å². The number of anilines is 1. The van der Waals surface area contributed by atoms with E-state index in [-0.39, 0.29) is 15.9 Å². The Labute approximate surface area is 167 Å². The van der Waals surface area contributed by atoms with Crippen LogP contribution in [0.25, 0.3) is 6.08 Å². The molecule has 8 nitrogen and oxygen atoms in total. The number of thioether (sulfide) groups is 1. The maximum atomic E-state index is 12.7. The third-order valence-corrected chi connectivity index (χ3v) is 5.67. The van der Waals surface area contributed by atoms with Crippen LogP contribution in [0.15, 0.2) is 40.7 Å². The molecule has 0 radical (unpaired) electrons. The highest BCUT2D eigenvalue weighted by Crippen LogP contribution is 2.34. The summed E-state index contributed by atoms with van der Waals surface area (Å²) in [4.78, 5) is 40.9. The van der Waals surface area contributed by atoms with Crippen LogP contribution in [0.4, 0.5) is 10.8 Å². The summed E-state index contributed by atoms with van der Waals surface area (Å²) in [7, 11) is 0. The molecule has 1 fully saturated rings. The van der Waals surface area contributed by atoms with Crippen molar-refractivity contribution in [2.24, 2.45) is 0 Å². The number of nitrogens with zero attached hydrogens (tertiary/aromatic N) is 3. The summed E-state index contributed by atoms with van der Waals surface area (Å²) in [6.07, 6.45) is 3.16. The first-order chi connectivity index (χ1) is 12.9. The molecule has 0 spiro atoms. The molecule has 1 unspecified atom stereocenters. The maximum Gasteiger partial charge on any atom is 0.269 e. The van der Waals surface area contributed by atoms with Crippen LogP contribution < -0.4 is 5.32 Å². The van der Waals surface area contributed by atoms with Gasteiger partial charge in [-0.1, -0.05) is 24.0 Å². The van der Waals surface area contributed by atoms with Crippen molar-refractivity contribution in [2.45, 2.75) is 13.0 Å². The lowest BCUT2D eigenvalue weighted by Gasteiger charge is -2.21. The smallest absolute Gasteiger partial charge is 0.269 e. The number of thiocarbonyl (C=S) groups is 1. The van der Waals surface area contributed by atoms with Crippen LogP contribution in [0.2, 0.25) is 0 Å². The van der Waals surface area contributed by atoms with Crippen LogP contribution in [0.5, 0.6) is 0 Å². The number of benzene rings is 1. The molecule has 3 rings (SSSR count).